The lowest BCUT2D eigenvalue weighted by molar-refractivity contribution is -0.192. The van der Waals surface area contributed by atoms with Gasteiger partial charge in [-0.3, -0.25) is 0 Å². The summed E-state index contributed by atoms with van der Waals surface area (Å²) in [4.78, 5) is 13.0. The number of nitrogen functional groups attached to an aromatic ring is 2. The molecular weight excluding hydrogens is 457 g/mol. The zero-order chi connectivity index (χ0) is 20.5. The molecule has 1 aromatic carbocycles. The Bertz CT molecular complexity index is 976. The quantitative estimate of drug-likeness (QED) is 0.459. The van der Waals surface area contributed by atoms with Gasteiger partial charge in [-0.25, -0.2) is 4.79 Å². The van der Waals surface area contributed by atoms with Crippen molar-refractivity contribution in [1.82, 2.24) is 4.98 Å². The lowest BCUT2D eigenvalue weighted by Gasteiger charge is -2.22. The molecule has 0 aliphatic carbocycles. The number of nitrogens with two attached hydrogens (primary N) is 2. The normalized spacial score (nSPS) is 11.9. The first-order valence-electron chi connectivity index (χ1n) is 6.89. The number of carboxylic acids is 1. The molecule has 27 heavy (non-hydrogen) atoms. The topological polar surface area (TPSA) is 135 Å². The van der Waals surface area contributed by atoms with Crippen LogP contribution in [0.1, 0.15) is 16.7 Å². The number of nitriles is 1. The van der Waals surface area contributed by atoms with E-state index < -0.39 is 12.1 Å². The fourth-order valence-electron chi connectivity index (χ4n) is 2.16. The van der Waals surface area contributed by atoms with E-state index in [9.17, 15) is 13.2 Å². The number of aliphatic carboxylic acids is 1. The average Bonchev–Trinajstić information content (AvgIpc) is 2.54. The Hall–Kier alpha value is -2.71. The van der Waals surface area contributed by atoms with Crippen LogP contribution in [0.2, 0.25) is 5.02 Å². The molecule has 0 spiro atoms. The number of carboxylic acid groups (broad SMARTS) is 1. The van der Waals surface area contributed by atoms with E-state index in [1.807, 2.05) is 6.07 Å². The van der Waals surface area contributed by atoms with Crippen LogP contribution in [0.25, 0.3) is 0 Å². The average molecular weight is 466 g/mol. The molecule has 0 radical (unpaired) electrons. The van der Waals surface area contributed by atoms with Gasteiger partial charge in [0.15, 0.2) is 0 Å². The monoisotopic (exact) mass is 464 g/mol. The maximum absolute atomic E-state index is 10.6. The molecule has 12 heteroatoms. The number of halogens is 5. The van der Waals surface area contributed by atoms with Gasteiger partial charge in [-0.2, -0.15) is 23.4 Å². The summed E-state index contributed by atoms with van der Waals surface area (Å²) in [5.74, 6) is -1.72. The van der Waals surface area contributed by atoms with Gasteiger partial charge in [0.05, 0.1) is 10.2 Å². The first kappa shape index (κ1) is 20.6. The number of hydrogen-bond donors (Lipinski definition) is 3. The second-order valence-electron chi connectivity index (χ2n) is 5.14. The van der Waals surface area contributed by atoms with Gasteiger partial charge < -0.3 is 21.3 Å². The molecule has 7 nitrogen and oxygen atoms in total. The van der Waals surface area contributed by atoms with E-state index in [1.165, 1.54) is 0 Å². The second kappa shape index (κ2) is 7.50. The minimum atomic E-state index is -5.08. The van der Waals surface area contributed by atoms with E-state index in [-0.39, 0.29) is 11.4 Å². The SMILES string of the molecule is N#Cc1c(N)nc2c(c1N)Cc1cc(Cl)cc(Br)c1O2.O=C(O)C(F)(F)F. The molecule has 0 saturated carbocycles. The van der Waals surface area contributed by atoms with Gasteiger partial charge in [-0.1, -0.05) is 11.6 Å². The zero-order valence-electron chi connectivity index (χ0n) is 13.1. The van der Waals surface area contributed by atoms with Gasteiger partial charge in [0.25, 0.3) is 0 Å². The Morgan fingerprint density at radius 3 is 2.52 bits per heavy atom. The number of fused-ring (bicyclic) bond motifs is 2. The summed E-state index contributed by atoms with van der Waals surface area (Å²) >= 11 is 9.43. The van der Waals surface area contributed by atoms with Crippen LogP contribution in [-0.2, 0) is 11.2 Å². The number of rotatable bonds is 0. The molecule has 2 heterocycles. The van der Waals surface area contributed by atoms with Crippen molar-refractivity contribution < 1.29 is 27.8 Å². The molecule has 3 rings (SSSR count). The van der Waals surface area contributed by atoms with Gasteiger partial charge >= 0.3 is 12.1 Å². The van der Waals surface area contributed by atoms with Crippen molar-refractivity contribution in [2.75, 3.05) is 11.5 Å². The number of pyridine rings is 1. The Morgan fingerprint density at radius 1 is 1.41 bits per heavy atom. The molecule has 0 unspecified atom stereocenters. The number of carbonyl (C=O) groups is 1. The number of anilines is 2. The first-order valence-corrected chi connectivity index (χ1v) is 8.06. The van der Waals surface area contributed by atoms with E-state index in [0.29, 0.717) is 34.3 Å². The molecule has 142 valence electrons. The molecule has 1 aliphatic rings. The fourth-order valence-corrected chi connectivity index (χ4v) is 3.11. The maximum Gasteiger partial charge on any atom is 0.490 e. The van der Waals surface area contributed by atoms with Crippen LogP contribution >= 0.6 is 27.5 Å². The highest BCUT2D eigenvalue weighted by atomic mass is 79.9. The van der Waals surface area contributed by atoms with Crippen LogP contribution < -0.4 is 16.2 Å². The summed E-state index contributed by atoms with van der Waals surface area (Å²) in [6.07, 6.45) is -4.60. The fraction of sp³-hybridized carbons (Fsp3) is 0.133. The molecule has 2 aromatic rings. The number of hydrogen-bond acceptors (Lipinski definition) is 6. The van der Waals surface area contributed by atoms with Gasteiger partial charge in [0.2, 0.25) is 5.88 Å². The third-order valence-electron chi connectivity index (χ3n) is 3.34. The van der Waals surface area contributed by atoms with Gasteiger partial charge in [-0.15, -0.1) is 0 Å². The predicted octanol–water partition coefficient (Wildman–Crippen LogP) is 3.86. The van der Waals surface area contributed by atoms with Crippen LogP contribution in [0.4, 0.5) is 24.7 Å². The lowest BCUT2D eigenvalue weighted by atomic mass is 9.99. The number of nitrogens with zero attached hydrogens (tertiary/aromatic N) is 2. The minimum absolute atomic E-state index is 0.0669. The van der Waals surface area contributed by atoms with E-state index in [1.54, 1.807) is 12.1 Å². The van der Waals surface area contributed by atoms with E-state index in [4.69, 9.17) is 43.0 Å². The predicted molar refractivity (Wildman–Crippen MR) is 93.5 cm³/mol. The Kier molecular flexibility index (Phi) is 5.72. The number of ether oxygens (including phenoxy) is 1. The summed E-state index contributed by atoms with van der Waals surface area (Å²) in [5, 5.41) is 16.8. The maximum atomic E-state index is 10.6. The minimum Gasteiger partial charge on any atom is -0.475 e. The molecule has 5 N–H and O–H groups in total. The highest BCUT2D eigenvalue weighted by molar-refractivity contribution is 9.10. The van der Waals surface area contributed by atoms with Crippen LogP contribution in [0.5, 0.6) is 11.6 Å². The molecule has 0 saturated heterocycles. The van der Waals surface area contributed by atoms with E-state index in [2.05, 4.69) is 20.9 Å². The second-order valence-corrected chi connectivity index (χ2v) is 6.43. The van der Waals surface area contributed by atoms with Gasteiger partial charge in [0.1, 0.15) is 23.2 Å². The van der Waals surface area contributed by atoms with Gasteiger partial charge in [-0.05, 0) is 28.1 Å². The third kappa shape index (κ3) is 4.35. The van der Waals surface area contributed by atoms with Crippen molar-refractivity contribution in [1.29, 1.82) is 5.26 Å². The number of alkyl halides is 3. The van der Waals surface area contributed by atoms with Crippen molar-refractivity contribution in [3.05, 3.63) is 38.3 Å². The highest BCUT2D eigenvalue weighted by Gasteiger charge is 2.38. The summed E-state index contributed by atoms with van der Waals surface area (Å²) in [6.45, 7) is 0. The Labute approximate surface area is 163 Å². The van der Waals surface area contributed by atoms with Crippen molar-refractivity contribution in [3.8, 4) is 17.7 Å². The summed E-state index contributed by atoms with van der Waals surface area (Å²) in [6, 6.07) is 5.49. The molecule has 0 fully saturated rings. The van der Waals surface area contributed by atoms with Crippen molar-refractivity contribution in [2.45, 2.75) is 12.6 Å². The van der Waals surface area contributed by atoms with Crippen molar-refractivity contribution >= 4 is 45.0 Å². The number of benzene rings is 1. The molecule has 0 atom stereocenters. The molecule has 1 aliphatic heterocycles. The van der Waals surface area contributed by atoms with Crippen LogP contribution in [-0.4, -0.2) is 22.2 Å². The smallest absolute Gasteiger partial charge is 0.475 e. The highest BCUT2D eigenvalue weighted by Crippen LogP contribution is 2.44. The summed E-state index contributed by atoms with van der Waals surface area (Å²) < 4.78 is 38.2. The van der Waals surface area contributed by atoms with E-state index >= 15 is 0 Å². The molecule has 1 aromatic heterocycles. The van der Waals surface area contributed by atoms with Crippen molar-refractivity contribution in [2.24, 2.45) is 0 Å². The third-order valence-corrected chi connectivity index (χ3v) is 4.14. The van der Waals surface area contributed by atoms with Crippen LogP contribution in [0.15, 0.2) is 16.6 Å². The standard InChI is InChI=1S/C13H8BrClN4O.C2HF3O2/c14-9-3-6(15)1-5-2-7-10(17)8(4-16)12(18)19-13(7)20-11(5)9;3-2(4,5)1(6)7/h1,3H,2H2,(H4,17,18,19);(H,6,7). The lowest BCUT2D eigenvalue weighted by Crippen LogP contribution is -2.21. The summed E-state index contributed by atoms with van der Waals surface area (Å²) in [7, 11) is 0. The number of aromatic nitrogens is 1. The molecular formula is C15H9BrClF3N4O3. The zero-order valence-corrected chi connectivity index (χ0v) is 15.4. The molecule has 0 amide bonds. The first-order chi connectivity index (χ1) is 12.5. The largest absolute Gasteiger partial charge is 0.490 e. The Morgan fingerprint density at radius 2 is 2.00 bits per heavy atom. The van der Waals surface area contributed by atoms with Gasteiger partial charge in [0, 0.05) is 22.6 Å². The van der Waals surface area contributed by atoms with Crippen LogP contribution in [0, 0.1) is 11.3 Å². The van der Waals surface area contributed by atoms with E-state index in [0.717, 1.165) is 10.0 Å². The summed E-state index contributed by atoms with van der Waals surface area (Å²) in [5.41, 5.74) is 13.7. The molecule has 0 bridgehead atoms. The van der Waals surface area contributed by atoms with Crippen molar-refractivity contribution in [3.63, 3.8) is 0 Å². The Balaban J connectivity index is 0.000000321. The van der Waals surface area contributed by atoms with Crippen LogP contribution in [0.3, 0.4) is 0 Å².